The molecule has 5 nitrogen and oxygen atoms in total. The van der Waals surface area contributed by atoms with Gasteiger partial charge >= 0.3 is 0 Å². The zero-order valence-corrected chi connectivity index (χ0v) is 17.0. The number of benzene rings is 1. The Morgan fingerprint density at radius 2 is 1.93 bits per heavy atom. The molecule has 156 valence electrons. The summed E-state index contributed by atoms with van der Waals surface area (Å²) in [4.78, 5) is 19.1. The fourth-order valence-electron chi connectivity index (χ4n) is 3.90. The number of furan rings is 1. The van der Waals surface area contributed by atoms with Crippen molar-refractivity contribution in [2.24, 2.45) is 5.92 Å². The Bertz CT molecular complexity index is 1030. The summed E-state index contributed by atoms with van der Waals surface area (Å²) in [5.74, 6) is 4.05. The number of oxazole rings is 1. The Morgan fingerprint density at radius 3 is 2.63 bits per heavy atom. The Balaban J connectivity index is 1.19. The van der Waals surface area contributed by atoms with Gasteiger partial charge in [-0.1, -0.05) is 6.92 Å². The smallest absolute Gasteiger partial charge is 0.223 e. The Kier molecular flexibility index (Phi) is 4.93. The molecule has 0 saturated heterocycles. The van der Waals surface area contributed by atoms with Crippen molar-refractivity contribution in [1.29, 1.82) is 0 Å². The van der Waals surface area contributed by atoms with Gasteiger partial charge in [-0.25, -0.2) is 9.37 Å². The summed E-state index contributed by atoms with van der Waals surface area (Å²) in [5.41, 5.74) is 0.764. The molecule has 0 bridgehead atoms. The molecular formula is C24H25FN2O3. The molecule has 30 heavy (non-hydrogen) atoms. The first-order valence-corrected chi connectivity index (χ1v) is 10.7. The highest BCUT2D eigenvalue weighted by Crippen LogP contribution is 2.47. The third-order valence-electron chi connectivity index (χ3n) is 6.03. The van der Waals surface area contributed by atoms with Gasteiger partial charge in [-0.15, -0.1) is 0 Å². The van der Waals surface area contributed by atoms with Crippen molar-refractivity contribution in [3.8, 4) is 11.3 Å². The molecule has 2 fully saturated rings. The van der Waals surface area contributed by atoms with Crippen LogP contribution in [0.2, 0.25) is 0 Å². The fraction of sp³-hybridized carbons (Fsp3) is 0.417. The fourth-order valence-corrected chi connectivity index (χ4v) is 3.90. The standard InChI is InChI=1S/C24H25FN2O3/c1-15-12-20(15)21-9-8-19(29-21)14-27(18-6-7-18)24(28)11-10-23-26-13-22(30-23)16-2-4-17(25)5-3-16/h2-5,8-9,13,15,18,20H,6-7,10-12,14H2,1H3. The number of carbonyl (C=O) groups is 1. The second-order valence-corrected chi connectivity index (χ2v) is 8.50. The van der Waals surface area contributed by atoms with Crippen molar-refractivity contribution in [2.75, 3.05) is 0 Å². The molecule has 0 aliphatic heterocycles. The van der Waals surface area contributed by atoms with Gasteiger partial charge in [0.25, 0.3) is 0 Å². The molecule has 2 aromatic heterocycles. The Morgan fingerprint density at radius 1 is 1.17 bits per heavy atom. The lowest BCUT2D eigenvalue weighted by Gasteiger charge is -2.21. The van der Waals surface area contributed by atoms with E-state index in [2.05, 4.69) is 18.0 Å². The van der Waals surface area contributed by atoms with Crippen LogP contribution in [0.15, 0.2) is 51.4 Å². The normalized spacial score (nSPS) is 20.3. The maximum atomic E-state index is 13.1. The maximum Gasteiger partial charge on any atom is 0.223 e. The van der Waals surface area contributed by atoms with Crippen molar-refractivity contribution in [3.63, 3.8) is 0 Å². The number of halogens is 1. The number of carbonyl (C=O) groups excluding carboxylic acids is 1. The predicted octanol–water partition coefficient (Wildman–Crippen LogP) is 5.32. The Hall–Kier alpha value is -2.89. The lowest BCUT2D eigenvalue weighted by atomic mass is 10.2. The van der Waals surface area contributed by atoms with Crippen molar-refractivity contribution in [1.82, 2.24) is 9.88 Å². The van der Waals surface area contributed by atoms with Crippen LogP contribution in [0.5, 0.6) is 0 Å². The first-order valence-electron chi connectivity index (χ1n) is 10.7. The molecule has 0 radical (unpaired) electrons. The van der Waals surface area contributed by atoms with Crippen LogP contribution in [0.1, 0.15) is 55.9 Å². The molecule has 6 heteroatoms. The first-order chi connectivity index (χ1) is 14.6. The van der Waals surface area contributed by atoms with Crippen LogP contribution in [0.25, 0.3) is 11.3 Å². The van der Waals surface area contributed by atoms with Gasteiger partial charge in [-0.05, 0) is 61.6 Å². The summed E-state index contributed by atoms with van der Waals surface area (Å²) in [6.07, 6.45) is 5.68. The molecule has 2 saturated carbocycles. The number of rotatable bonds is 8. The van der Waals surface area contributed by atoms with Crippen molar-refractivity contribution in [2.45, 2.75) is 57.5 Å². The highest BCUT2D eigenvalue weighted by molar-refractivity contribution is 5.77. The molecule has 0 spiro atoms. The lowest BCUT2D eigenvalue weighted by molar-refractivity contribution is -0.132. The second kappa shape index (κ2) is 7.74. The average Bonchev–Trinajstić information content (AvgIpc) is 3.61. The van der Waals surface area contributed by atoms with E-state index in [1.807, 2.05) is 11.0 Å². The molecule has 1 aromatic carbocycles. The van der Waals surface area contributed by atoms with Crippen molar-refractivity contribution in [3.05, 3.63) is 65.8 Å². The van der Waals surface area contributed by atoms with Crippen LogP contribution in [0, 0.1) is 11.7 Å². The number of nitrogens with zero attached hydrogens (tertiary/aromatic N) is 2. The van der Waals surface area contributed by atoms with Crippen LogP contribution < -0.4 is 0 Å². The monoisotopic (exact) mass is 408 g/mol. The largest absolute Gasteiger partial charge is 0.464 e. The summed E-state index contributed by atoms with van der Waals surface area (Å²) >= 11 is 0. The molecule has 0 N–H and O–H groups in total. The number of amides is 1. The second-order valence-electron chi connectivity index (χ2n) is 8.50. The minimum Gasteiger partial charge on any atom is -0.464 e. The zero-order valence-electron chi connectivity index (χ0n) is 17.0. The third kappa shape index (κ3) is 4.18. The van der Waals surface area contributed by atoms with Crippen LogP contribution in [-0.4, -0.2) is 21.8 Å². The van der Waals surface area contributed by atoms with Crippen molar-refractivity contribution < 1.29 is 18.0 Å². The van der Waals surface area contributed by atoms with Gasteiger partial charge in [0.15, 0.2) is 11.7 Å². The van der Waals surface area contributed by atoms with Crippen LogP contribution >= 0.6 is 0 Å². The van der Waals surface area contributed by atoms with Gasteiger partial charge in [-0.2, -0.15) is 0 Å². The molecule has 5 rings (SSSR count). The number of hydrogen-bond acceptors (Lipinski definition) is 4. The summed E-state index contributed by atoms with van der Waals surface area (Å²) in [6, 6.07) is 10.5. The summed E-state index contributed by atoms with van der Waals surface area (Å²) in [7, 11) is 0. The van der Waals surface area contributed by atoms with E-state index in [-0.39, 0.29) is 11.7 Å². The topological polar surface area (TPSA) is 59.5 Å². The number of hydrogen-bond donors (Lipinski definition) is 0. The highest BCUT2D eigenvalue weighted by atomic mass is 19.1. The third-order valence-corrected chi connectivity index (χ3v) is 6.03. The SMILES string of the molecule is CC1CC1c1ccc(CN(C(=O)CCc2ncc(-c3ccc(F)cc3)o2)C2CC2)o1. The number of aryl methyl sites for hydroxylation is 1. The first kappa shape index (κ1) is 19.1. The molecule has 1 amide bonds. The molecule has 3 aromatic rings. The lowest BCUT2D eigenvalue weighted by Crippen LogP contribution is -2.32. The van der Waals surface area contributed by atoms with E-state index in [1.165, 1.54) is 18.6 Å². The van der Waals surface area contributed by atoms with Crippen molar-refractivity contribution >= 4 is 5.91 Å². The van der Waals surface area contributed by atoms with Gasteiger partial charge < -0.3 is 13.7 Å². The Labute approximate surface area is 174 Å². The van der Waals surface area contributed by atoms with Gasteiger partial charge in [0.2, 0.25) is 5.91 Å². The van der Waals surface area contributed by atoms with E-state index >= 15 is 0 Å². The molecular weight excluding hydrogens is 383 g/mol. The summed E-state index contributed by atoms with van der Waals surface area (Å²) in [5, 5.41) is 0. The quantitative estimate of drug-likeness (QED) is 0.506. The van der Waals surface area contributed by atoms with Gasteiger partial charge in [0.1, 0.15) is 17.3 Å². The molecule has 2 unspecified atom stereocenters. The van der Waals surface area contributed by atoms with E-state index in [0.29, 0.717) is 48.9 Å². The van der Waals surface area contributed by atoms with Crippen LogP contribution in [-0.2, 0) is 17.8 Å². The summed E-state index contributed by atoms with van der Waals surface area (Å²) < 4.78 is 24.9. The number of aromatic nitrogens is 1. The summed E-state index contributed by atoms with van der Waals surface area (Å²) in [6.45, 7) is 2.76. The van der Waals surface area contributed by atoms with Gasteiger partial charge in [-0.3, -0.25) is 4.79 Å². The molecule has 2 aliphatic carbocycles. The van der Waals surface area contributed by atoms with E-state index in [4.69, 9.17) is 8.83 Å². The average molecular weight is 408 g/mol. The minimum atomic E-state index is -0.292. The van der Waals surface area contributed by atoms with Crippen LogP contribution in [0.3, 0.4) is 0 Å². The van der Waals surface area contributed by atoms with E-state index in [0.717, 1.165) is 29.9 Å². The van der Waals surface area contributed by atoms with E-state index < -0.39 is 0 Å². The van der Waals surface area contributed by atoms with Gasteiger partial charge in [0, 0.05) is 30.4 Å². The minimum absolute atomic E-state index is 0.0942. The zero-order chi connectivity index (χ0) is 20.7. The molecule has 2 aliphatic rings. The predicted molar refractivity (Wildman–Crippen MR) is 109 cm³/mol. The van der Waals surface area contributed by atoms with E-state index in [9.17, 15) is 9.18 Å². The molecule has 2 atom stereocenters. The maximum absolute atomic E-state index is 13.1. The van der Waals surface area contributed by atoms with E-state index in [1.54, 1.807) is 18.3 Å². The highest BCUT2D eigenvalue weighted by Gasteiger charge is 2.37. The molecule has 2 heterocycles. The van der Waals surface area contributed by atoms with Gasteiger partial charge in [0.05, 0.1) is 12.7 Å². The van der Waals surface area contributed by atoms with Crippen LogP contribution in [0.4, 0.5) is 4.39 Å².